The number of benzene rings is 1. The van der Waals surface area contributed by atoms with Crippen molar-refractivity contribution in [3.05, 3.63) is 58.3 Å². The van der Waals surface area contributed by atoms with Gasteiger partial charge in [-0.3, -0.25) is 10.1 Å². The van der Waals surface area contributed by atoms with Gasteiger partial charge in [0.25, 0.3) is 0 Å². The van der Waals surface area contributed by atoms with E-state index in [1.54, 1.807) is 30.3 Å². The van der Waals surface area contributed by atoms with Crippen molar-refractivity contribution in [3.63, 3.8) is 0 Å². The molecule has 2 N–H and O–H groups in total. The van der Waals surface area contributed by atoms with Crippen molar-refractivity contribution in [3.8, 4) is 6.07 Å². The number of hydrogen-bond donors (Lipinski definition) is 2. The summed E-state index contributed by atoms with van der Waals surface area (Å²) in [6.07, 6.45) is -4.02. The maximum absolute atomic E-state index is 13.7. The summed E-state index contributed by atoms with van der Waals surface area (Å²) in [6, 6.07) is 8.89. The monoisotopic (exact) mass is 471 g/mol. The SMILES string of the molecule is N#CC1(NC(=O)[C@H](CS(=O)(=O)Cc2ccccc2)N[C@H](c2cccs2)C(F)(F)F)CC1. The first-order valence-electron chi connectivity index (χ1n) is 9.37. The number of nitrogens with zero attached hydrogens (tertiary/aromatic N) is 1. The molecule has 0 saturated heterocycles. The van der Waals surface area contributed by atoms with Crippen molar-refractivity contribution < 1.29 is 26.4 Å². The first-order valence-corrected chi connectivity index (χ1v) is 12.1. The number of sulfone groups is 1. The van der Waals surface area contributed by atoms with Crippen LogP contribution in [0.25, 0.3) is 0 Å². The van der Waals surface area contributed by atoms with Gasteiger partial charge in [-0.1, -0.05) is 36.4 Å². The summed E-state index contributed by atoms with van der Waals surface area (Å²) >= 11 is 0.846. The number of carbonyl (C=O) groups excluding carboxylic acids is 1. The van der Waals surface area contributed by atoms with Gasteiger partial charge in [-0.05, 0) is 29.9 Å². The number of nitriles is 1. The third kappa shape index (κ3) is 6.29. The molecule has 2 aromatic rings. The molecule has 6 nitrogen and oxygen atoms in total. The number of nitrogens with one attached hydrogen (secondary N) is 2. The van der Waals surface area contributed by atoms with E-state index in [9.17, 15) is 31.6 Å². The Morgan fingerprint density at radius 3 is 2.39 bits per heavy atom. The van der Waals surface area contributed by atoms with Crippen molar-refractivity contribution in [2.24, 2.45) is 0 Å². The Kier molecular flexibility index (Phi) is 6.73. The fourth-order valence-electron chi connectivity index (χ4n) is 3.05. The number of halogens is 3. The fourth-order valence-corrected chi connectivity index (χ4v) is 5.43. The number of alkyl halides is 3. The van der Waals surface area contributed by atoms with E-state index in [1.165, 1.54) is 17.5 Å². The molecule has 11 heteroatoms. The zero-order valence-corrected chi connectivity index (χ0v) is 17.9. The van der Waals surface area contributed by atoms with Gasteiger partial charge in [0, 0.05) is 4.88 Å². The predicted molar refractivity (Wildman–Crippen MR) is 110 cm³/mol. The molecule has 31 heavy (non-hydrogen) atoms. The summed E-state index contributed by atoms with van der Waals surface area (Å²) in [6.45, 7) is 0. The van der Waals surface area contributed by atoms with Crippen LogP contribution < -0.4 is 10.6 Å². The average Bonchev–Trinajstić information content (AvgIpc) is 3.25. The van der Waals surface area contributed by atoms with Crippen LogP contribution in [0.1, 0.15) is 29.3 Å². The summed E-state index contributed by atoms with van der Waals surface area (Å²) in [5.74, 6) is -2.20. The van der Waals surface area contributed by atoms with Crippen molar-refractivity contribution in [1.82, 2.24) is 10.6 Å². The Morgan fingerprint density at radius 2 is 1.87 bits per heavy atom. The number of hydrogen-bond acceptors (Lipinski definition) is 6. The van der Waals surface area contributed by atoms with Gasteiger partial charge < -0.3 is 5.32 Å². The van der Waals surface area contributed by atoms with E-state index in [0.717, 1.165) is 11.3 Å². The van der Waals surface area contributed by atoms with Crippen LogP contribution in [0, 0.1) is 11.3 Å². The first-order chi connectivity index (χ1) is 14.5. The van der Waals surface area contributed by atoms with Crippen LogP contribution in [-0.2, 0) is 20.4 Å². The fraction of sp³-hybridized carbons (Fsp3) is 0.400. The second kappa shape index (κ2) is 8.98. The molecule has 0 radical (unpaired) electrons. The van der Waals surface area contributed by atoms with Crippen molar-refractivity contribution in [1.29, 1.82) is 5.26 Å². The highest BCUT2D eigenvalue weighted by Gasteiger charge is 2.48. The van der Waals surface area contributed by atoms with Gasteiger partial charge in [0.15, 0.2) is 9.84 Å². The molecular formula is C20H20F3N3O3S2. The molecule has 1 fully saturated rings. The minimum atomic E-state index is -4.75. The Morgan fingerprint density at radius 1 is 1.19 bits per heavy atom. The van der Waals surface area contributed by atoms with E-state index in [2.05, 4.69) is 10.6 Å². The maximum Gasteiger partial charge on any atom is 0.408 e. The molecule has 1 saturated carbocycles. The molecule has 2 atom stereocenters. The lowest BCUT2D eigenvalue weighted by atomic mass is 10.1. The standard InChI is InChI=1S/C20H20F3N3O3S2/c21-20(22,23)17(16-7-4-10-30-16)25-15(18(27)26-19(13-24)8-9-19)12-31(28,29)11-14-5-2-1-3-6-14/h1-7,10,15,17,25H,8-9,11-12H2,(H,26,27)/t15-,17+/m0/s1. The van der Waals surface area contributed by atoms with E-state index < -0.39 is 51.0 Å². The molecule has 1 aliphatic carbocycles. The van der Waals surface area contributed by atoms with Crippen molar-refractivity contribution >= 4 is 27.1 Å². The molecule has 166 valence electrons. The molecular weight excluding hydrogens is 451 g/mol. The minimum Gasteiger partial charge on any atom is -0.336 e. The zero-order valence-electron chi connectivity index (χ0n) is 16.2. The van der Waals surface area contributed by atoms with Crippen LogP contribution in [0.4, 0.5) is 13.2 Å². The zero-order chi connectivity index (χ0) is 22.7. The van der Waals surface area contributed by atoms with E-state index >= 15 is 0 Å². The lowest BCUT2D eigenvalue weighted by Gasteiger charge is -2.27. The Hall–Kier alpha value is -2.42. The second-order valence-electron chi connectivity index (χ2n) is 7.43. The quantitative estimate of drug-likeness (QED) is 0.586. The second-order valence-corrected chi connectivity index (χ2v) is 10.5. The van der Waals surface area contributed by atoms with Crippen molar-refractivity contribution in [2.75, 3.05) is 5.75 Å². The lowest BCUT2D eigenvalue weighted by Crippen LogP contribution is -2.54. The van der Waals surface area contributed by atoms with Gasteiger partial charge in [-0.25, -0.2) is 8.42 Å². The molecule has 1 amide bonds. The Bertz CT molecular complexity index is 1040. The third-order valence-corrected chi connectivity index (χ3v) is 7.37. The Labute approximate surface area is 182 Å². The molecule has 1 heterocycles. The Balaban J connectivity index is 1.85. The molecule has 1 aromatic heterocycles. The molecule has 0 unspecified atom stereocenters. The van der Waals surface area contributed by atoms with Crippen LogP contribution in [0.3, 0.4) is 0 Å². The molecule has 0 spiro atoms. The lowest BCUT2D eigenvalue weighted by molar-refractivity contribution is -0.159. The number of thiophene rings is 1. The highest BCUT2D eigenvalue weighted by atomic mass is 32.2. The highest BCUT2D eigenvalue weighted by molar-refractivity contribution is 7.90. The number of rotatable bonds is 9. The van der Waals surface area contributed by atoms with Crippen LogP contribution >= 0.6 is 11.3 Å². The molecule has 3 rings (SSSR count). The van der Waals surface area contributed by atoms with E-state index in [0.29, 0.717) is 18.4 Å². The average molecular weight is 472 g/mol. The first kappa shape index (κ1) is 23.2. The topological polar surface area (TPSA) is 99.1 Å². The van der Waals surface area contributed by atoms with Gasteiger partial charge in [-0.15, -0.1) is 11.3 Å². The summed E-state index contributed by atoms with van der Waals surface area (Å²) in [5, 5.41) is 15.3. The largest absolute Gasteiger partial charge is 0.408 e. The molecule has 1 aromatic carbocycles. The van der Waals surface area contributed by atoms with E-state index in [1.807, 2.05) is 6.07 Å². The van der Waals surface area contributed by atoms with Gasteiger partial charge in [0.2, 0.25) is 5.91 Å². The predicted octanol–water partition coefficient (Wildman–Crippen LogP) is 3.10. The van der Waals surface area contributed by atoms with Gasteiger partial charge >= 0.3 is 6.18 Å². The maximum atomic E-state index is 13.7. The summed E-state index contributed by atoms with van der Waals surface area (Å²) in [5.41, 5.74) is -0.681. The highest BCUT2D eigenvalue weighted by Crippen LogP contribution is 2.36. The van der Waals surface area contributed by atoms with Crippen LogP contribution in [0.15, 0.2) is 47.8 Å². The van der Waals surface area contributed by atoms with E-state index in [-0.39, 0.29) is 4.88 Å². The van der Waals surface area contributed by atoms with Crippen molar-refractivity contribution in [2.45, 2.75) is 42.4 Å². The number of carbonyl (C=O) groups is 1. The van der Waals surface area contributed by atoms with Crippen LogP contribution in [0.5, 0.6) is 0 Å². The van der Waals surface area contributed by atoms with Crippen LogP contribution in [-0.4, -0.2) is 37.8 Å². The minimum absolute atomic E-state index is 0.0906. The van der Waals surface area contributed by atoms with Gasteiger partial charge in [-0.2, -0.15) is 18.4 Å². The van der Waals surface area contributed by atoms with Gasteiger partial charge in [0.05, 0.1) is 17.6 Å². The molecule has 0 bridgehead atoms. The normalized spacial score (nSPS) is 17.4. The molecule has 1 aliphatic rings. The smallest absolute Gasteiger partial charge is 0.336 e. The number of amides is 1. The van der Waals surface area contributed by atoms with Gasteiger partial charge in [0.1, 0.15) is 17.6 Å². The van der Waals surface area contributed by atoms with Crippen LogP contribution in [0.2, 0.25) is 0 Å². The summed E-state index contributed by atoms with van der Waals surface area (Å²) in [4.78, 5) is 12.7. The summed E-state index contributed by atoms with van der Waals surface area (Å²) in [7, 11) is -3.95. The summed E-state index contributed by atoms with van der Waals surface area (Å²) < 4.78 is 66.6. The third-order valence-electron chi connectivity index (χ3n) is 4.82. The molecule has 0 aliphatic heterocycles. The van der Waals surface area contributed by atoms with E-state index in [4.69, 9.17) is 0 Å².